The average Bonchev–Trinajstić information content (AvgIpc) is 3.09. The highest BCUT2D eigenvalue weighted by atomic mass is 35.5. The topological polar surface area (TPSA) is 97.8 Å². The molecule has 2 aromatic heterocycles. The molecule has 0 saturated carbocycles. The number of nitrogens with two attached hydrogens (primary N) is 1. The van der Waals surface area contributed by atoms with E-state index in [-0.39, 0.29) is 42.7 Å². The molecule has 2 aliphatic rings. The lowest BCUT2D eigenvalue weighted by Gasteiger charge is -2.35. The van der Waals surface area contributed by atoms with Gasteiger partial charge in [0.25, 0.3) is 0 Å². The van der Waals surface area contributed by atoms with Crippen LogP contribution in [0.5, 0.6) is 0 Å². The number of pyridine rings is 1. The molecule has 2 fully saturated rings. The van der Waals surface area contributed by atoms with Crippen LogP contribution in [0.1, 0.15) is 31.4 Å². The van der Waals surface area contributed by atoms with Crippen LogP contribution in [0.4, 0.5) is 0 Å². The fourth-order valence-electron chi connectivity index (χ4n) is 4.18. The summed E-state index contributed by atoms with van der Waals surface area (Å²) < 4.78 is 7.25. The maximum atomic E-state index is 12.9. The Balaban J connectivity index is 0.00000150. The fourth-order valence-corrected chi connectivity index (χ4v) is 4.18. The minimum atomic E-state index is -0.0312. The third-order valence-corrected chi connectivity index (χ3v) is 5.71. The molecule has 8 nitrogen and oxygen atoms in total. The molecule has 0 aromatic carbocycles. The summed E-state index contributed by atoms with van der Waals surface area (Å²) in [7, 11) is 0. The number of likely N-dealkylation sites (tertiary alicyclic amines) is 1. The number of hydrogen-bond donors (Lipinski definition) is 2. The van der Waals surface area contributed by atoms with E-state index in [1.807, 2.05) is 18.2 Å². The van der Waals surface area contributed by atoms with E-state index in [0.29, 0.717) is 12.6 Å². The number of ether oxygens (including phenoxy) is 1. The van der Waals surface area contributed by atoms with Crippen molar-refractivity contribution < 1.29 is 9.53 Å². The SMILES string of the molecule is Cl.Cl.N[C@H]1CC[C@@H](C(=O)NCc2cccc3ncnn23)CN(C2CCOCC2)C1. The predicted molar refractivity (Wildman–Crippen MR) is 115 cm³/mol. The number of carbonyl (C=O) groups is 1. The van der Waals surface area contributed by atoms with Gasteiger partial charge in [-0.2, -0.15) is 5.10 Å². The highest BCUT2D eigenvalue weighted by molar-refractivity contribution is 5.85. The summed E-state index contributed by atoms with van der Waals surface area (Å²) in [5.74, 6) is 0.0645. The van der Waals surface area contributed by atoms with Crippen molar-refractivity contribution in [2.24, 2.45) is 11.7 Å². The van der Waals surface area contributed by atoms with Gasteiger partial charge < -0.3 is 15.8 Å². The van der Waals surface area contributed by atoms with Crippen molar-refractivity contribution in [3.8, 4) is 0 Å². The first-order valence-electron chi connectivity index (χ1n) is 9.83. The van der Waals surface area contributed by atoms with E-state index in [4.69, 9.17) is 10.5 Å². The van der Waals surface area contributed by atoms with Crippen molar-refractivity contribution in [1.29, 1.82) is 0 Å². The number of rotatable bonds is 4. The zero-order valence-electron chi connectivity index (χ0n) is 16.4. The number of nitrogens with zero attached hydrogens (tertiary/aromatic N) is 4. The normalized spacial score (nSPS) is 23.6. The van der Waals surface area contributed by atoms with Crippen molar-refractivity contribution in [3.05, 3.63) is 30.2 Å². The van der Waals surface area contributed by atoms with Crippen LogP contribution in [-0.4, -0.2) is 63.8 Å². The Kier molecular flexibility index (Phi) is 9.10. The molecule has 0 bridgehead atoms. The third-order valence-electron chi connectivity index (χ3n) is 5.71. The smallest absolute Gasteiger partial charge is 0.224 e. The quantitative estimate of drug-likeness (QED) is 0.739. The van der Waals surface area contributed by atoms with Crippen LogP contribution in [0.15, 0.2) is 24.5 Å². The summed E-state index contributed by atoms with van der Waals surface area (Å²) in [6, 6.07) is 6.40. The van der Waals surface area contributed by atoms with E-state index in [9.17, 15) is 4.79 Å². The Morgan fingerprint density at radius 2 is 1.97 bits per heavy atom. The number of hydrogen-bond acceptors (Lipinski definition) is 6. The van der Waals surface area contributed by atoms with E-state index in [1.165, 1.54) is 6.33 Å². The van der Waals surface area contributed by atoms with Crippen molar-refractivity contribution in [2.75, 3.05) is 26.3 Å². The Hall–Kier alpha value is -1.45. The first kappa shape index (κ1) is 23.8. The molecule has 2 aromatic rings. The van der Waals surface area contributed by atoms with Crippen LogP contribution < -0.4 is 11.1 Å². The Morgan fingerprint density at radius 3 is 2.76 bits per heavy atom. The predicted octanol–water partition coefficient (Wildman–Crippen LogP) is 1.41. The van der Waals surface area contributed by atoms with Gasteiger partial charge in [0.05, 0.1) is 18.2 Å². The molecular weight excluding hydrogens is 415 g/mol. The molecule has 0 spiro atoms. The second-order valence-corrected chi connectivity index (χ2v) is 7.60. The number of fused-ring (bicyclic) bond motifs is 1. The molecule has 0 unspecified atom stereocenters. The summed E-state index contributed by atoms with van der Waals surface area (Å²) in [6.45, 7) is 3.69. The average molecular weight is 445 g/mol. The standard InChI is InChI=1S/C19H28N6O2.2ClH/c20-15-5-4-14(11-24(12-15)16-6-8-27-9-7-16)19(26)21-10-17-2-1-3-18-22-13-23-25(17)18;;/h1-3,13-16H,4-12,20H2,(H,21,26);2*1H/t14-,15+;;/m1../s1. The molecule has 2 saturated heterocycles. The van der Waals surface area contributed by atoms with Gasteiger partial charge in [-0.05, 0) is 37.8 Å². The first-order valence-corrected chi connectivity index (χ1v) is 9.83. The number of halogens is 2. The van der Waals surface area contributed by atoms with Gasteiger partial charge in [0.2, 0.25) is 5.91 Å². The van der Waals surface area contributed by atoms with Crippen LogP contribution in [0.25, 0.3) is 5.65 Å². The monoisotopic (exact) mass is 444 g/mol. The molecule has 2 aliphatic heterocycles. The van der Waals surface area contributed by atoms with Gasteiger partial charge in [0.15, 0.2) is 5.65 Å². The van der Waals surface area contributed by atoms with E-state index in [1.54, 1.807) is 4.52 Å². The highest BCUT2D eigenvalue weighted by Gasteiger charge is 2.31. The molecule has 10 heteroatoms. The first-order chi connectivity index (χ1) is 13.2. The van der Waals surface area contributed by atoms with Crippen molar-refractivity contribution in [2.45, 2.75) is 44.3 Å². The van der Waals surface area contributed by atoms with Crippen molar-refractivity contribution in [1.82, 2.24) is 24.8 Å². The minimum Gasteiger partial charge on any atom is -0.381 e. The Morgan fingerprint density at radius 1 is 1.17 bits per heavy atom. The maximum Gasteiger partial charge on any atom is 0.224 e. The number of nitrogens with one attached hydrogen (secondary N) is 1. The van der Waals surface area contributed by atoms with Gasteiger partial charge in [-0.25, -0.2) is 9.50 Å². The number of aromatic nitrogens is 3. The third kappa shape index (κ3) is 5.79. The van der Waals surface area contributed by atoms with Gasteiger partial charge in [-0.15, -0.1) is 24.8 Å². The zero-order valence-corrected chi connectivity index (χ0v) is 18.0. The molecule has 4 rings (SSSR count). The summed E-state index contributed by atoms with van der Waals surface area (Å²) >= 11 is 0. The van der Waals surface area contributed by atoms with Gasteiger partial charge in [-0.3, -0.25) is 9.69 Å². The summed E-state index contributed by atoms with van der Waals surface area (Å²) in [5, 5.41) is 7.32. The van der Waals surface area contributed by atoms with Gasteiger partial charge in [-0.1, -0.05) is 6.07 Å². The van der Waals surface area contributed by atoms with Crippen molar-refractivity contribution in [3.63, 3.8) is 0 Å². The number of amides is 1. The second-order valence-electron chi connectivity index (χ2n) is 7.60. The van der Waals surface area contributed by atoms with Crippen LogP contribution in [0.3, 0.4) is 0 Å². The molecular formula is C19H30Cl2N6O2. The molecule has 162 valence electrons. The molecule has 1 amide bonds. The number of carbonyl (C=O) groups excluding carboxylic acids is 1. The molecule has 0 radical (unpaired) electrons. The highest BCUT2D eigenvalue weighted by Crippen LogP contribution is 2.22. The van der Waals surface area contributed by atoms with Crippen LogP contribution >= 0.6 is 24.8 Å². The summed E-state index contributed by atoms with van der Waals surface area (Å²) in [4.78, 5) is 19.5. The Labute approximate surface area is 183 Å². The maximum absolute atomic E-state index is 12.9. The molecule has 2 atom stereocenters. The minimum absolute atomic E-state index is 0. The van der Waals surface area contributed by atoms with E-state index < -0.39 is 0 Å². The second kappa shape index (κ2) is 11.1. The summed E-state index contributed by atoms with van der Waals surface area (Å²) in [5.41, 5.74) is 7.99. The lowest BCUT2D eigenvalue weighted by molar-refractivity contribution is -0.126. The van der Waals surface area contributed by atoms with Crippen LogP contribution in [0.2, 0.25) is 0 Å². The van der Waals surface area contributed by atoms with E-state index >= 15 is 0 Å². The summed E-state index contributed by atoms with van der Waals surface area (Å²) in [6.07, 6.45) is 5.29. The lowest BCUT2D eigenvalue weighted by Crippen LogP contribution is -2.47. The lowest BCUT2D eigenvalue weighted by atomic mass is 10.0. The van der Waals surface area contributed by atoms with Crippen LogP contribution in [-0.2, 0) is 16.1 Å². The fraction of sp³-hybridized carbons (Fsp3) is 0.632. The van der Waals surface area contributed by atoms with Gasteiger partial charge in [0.1, 0.15) is 6.33 Å². The molecule has 4 heterocycles. The molecule has 3 N–H and O–H groups in total. The van der Waals surface area contributed by atoms with Crippen LogP contribution in [0, 0.1) is 5.92 Å². The van der Waals surface area contributed by atoms with Gasteiger partial charge in [0, 0.05) is 38.4 Å². The van der Waals surface area contributed by atoms with Gasteiger partial charge >= 0.3 is 0 Å². The van der Waals surface area contributed by atoms with Crippen molar-refractivity contribution >= 4 is 36.4 Å². The largest absolute Gasteiger partial charge is 0.381 e. The Bertz CT molecular complexity index is 783. The molecule has 0 aliphatic carbocycles. The zero-order chi connectivity index (χ0) is 18.6. The molecule has 29 heavy (non-hydrogen) atoms. The van der Waals surface area contributed by atoms with E-state index in [0.717, 1.165) is 63.3 Å². The van der Waals surface area contributed by atoms with E-state index in [2.05, 4.69) is 20.3 Å².